The van der Waals surface area contributed by atoms with Crippen LogP contribution in [0, 0.1) is 0 Å². The molecular formula is C11H15N7O3. The van der Waals surface area contributed by atoms with E-state index in [0.29, 0.717) is 12.4 Å². The average molecular weight is 293 g/mol. The Kier molecular flexibility index (Phi) is 3.28. The van der Waals surface area contributed by atoms with E-state index in [1.165, 1.54) is 11.9 Å². The van der Waals surface area contributed by atoms with Crippen molar-refractivity contribution >= 4 is 17.8 Å². The van der Waals surface area contributed by atoms with E-state index in [-0.39, 0.29) is 30.9 Å². The van der Waals surface area contributed by atoms with Crippen LogP contribution in [0.25, 0.3) is 0 Å². The quantitative estimate of drug-likeness (QED) is 0.697. The maximum atomic E-state index is 12.4. The van der Waals surface area contributed by atoms with Gasteiger partial charge in [-0.05, 0) is 12.8 Å². The number of imide groups is 1. The second-order valence-corrected chi connectivity index (χ2v) is 5.11. The highest BCUT2D eigenvalue weighted by molar-refractivity contribution is 6.03. The van der Waals surface area contributed by atoms with Crippen molar-refractivity contribution in [1.82, 2.24) is 35.3 Å². The number of aromatic nitrogens is 4. The maximum Gasteiger partial charge on any atom is 0.327 e. The third-order valence-corrected chi connectivity index (χ3v) is 3.82. The van der Waals surface area contributed by atoms with Gasteiger partial charge >= 0.3 is 6.03 Å². The average Bonchev–Trinajstić information content (AvgIpc) is 3.17. The van der Waals surface area contributed by atoms with Gasteiger partial charge < -0.3 is 9.80 Å². The molecule has 0 aliphatic carbocycles. The summed E-state index contributed by atoms with van der Waals surface area (Å²) in [6.07, 6.45) is 1.61. The topological polar surface area (TPSA) is 115 Å². The first kappa shape index (κ1) is 13.5. The fourth-order valence-electron chi connectivity index (χ4n) is 2.68. The van der Waals surface area contributed by atoms with Crippen LogP contribution in [0.15, 0.2) is 0 Å². The second-order valence-electron chi connectivity index (χ2n) is 5.11. The van der Waals surface area contributed by atoms with Crippen LogP contribution >= 0.6 is 0 Å². The van der Waals surface area contributed by atoms with Gasteiger partial charge in [-0.15, -0.1) is 10.2 Å². The summed E-state index contributed by atoms with van der Waals surface area (Å²) in [6, 6.07) is -0.661. The number of nitrogens with one attached hydrogen (secondary N) is 1. The van der Waals surface area contributed by atoms with Crippen LogP contribution in [-0.4, -0.2) is 79.9 Å². The van der Waals surface area contributed by atoms with Crippen LogP contribution in [0.4, 0.5) is 4.79 Å². The molecule has 2 saturated heterocycles. The van der Waals surface area contributed by atoms with Gasteiger partial charge in [-0.25, -0.2) is 4.79 Å². The van der Waals surface area contributed by atoms with E-state index in [2.05, 4.69) is 20.6 Å². The maximum absolute atomic E-state index is 12.4. The second kappa shape index (κ2) is 5.11. The number of likely N-dealkylation sites (N-methyl/N-ethyl adjacent to an activating group) is 1. The molecule has 1 N–H and O–H groups in total. The Labute approximate surface area is 120 Å². The van der Waals surface area contributed by atoms with Gasteiger partial charge in [0, 0.05) is 13.6 Å². The lowest BCUT2D eigenvalue weighted by Gasteiger charge is -2.24. The summed E-state index contributed by atoms with van der Waals surface area (Å²) in [5.74, 6) is -0.0375. The van der Waals surface area contributed by atoms with Crippen molar-refractivity contribution in [2.45, 2.75) is 18.9 Å². The smallest absolute Gasteiger partial charge is 0.327 e. The number of likely N-dealkylation sites (tertiary alicyclic amines) is 1. The van der Waals surface area contributed by atoms with Crippen molar-refractivity contribution in [2.75, 3.05) is 26.7 Å². The zero-order chi connectivity index (χ0) is 15.0. The Morgan fingerprint density at radius 3 is 2.86 bits per heavy atom. The van der Waals surface area contributed by atoms with E-state index in [4.69, 9.17) is 0 Å². The number of amides is 4. The van der Waals surface area contributed by atoms with Gasteiger partial charge in [0.15, 0.2) is 5.82 Å². The highest BCUT2D eigenvalue weighted by Gasteiger charge is 2.38. The number of urea groups is 1. The van der Waals surface area contributed by atoms with Crippen LogP contribution in [0.5, 0.6) is 0 Å². The molecule has 0 aromatic carbocycles. The highest BCUT2D eigenvalue weighted by Crippen LogP contribution is 2.29. The van der Waals surface area contributed by atoms with Gasteiger partial charge in [0.05, 0.1) is 6.04 Å². The van der Waals surface area contributed by atoms with Gasteiger partial charge in [0.25, 0.3) is 0 Å². The highest BCUT2D eigenvalue weighted by atomic mass is 16.2. The van der Waals surface area contributed by atoms with Gasteiger partial charge in [0.1, 0.15) is 13.1 Å². The number of carbonyl (C=O) groups excluding carboxylic acids is 3. The number of carbonyl (C=O) groups is 3. The van der Waals surface area contributed by atoms with Crippen LogP contribution in [0.1, 0.15) is 24.7 Å². The molecule has 112 valence electrons. The van der Waals surface area contributed by atoms with E-state index in [9.17, 15) is 14.4 Å². The first-order valence-electron chi connectivity index (χ1n) is 6.66. The molecule has 1 aromatic rings. The molecule has 0 radical (unpaired) electrons. The molecule has 10 nitrogen and oxygen atoms in total. The lowest BCUT2D eigenvalue weighted by atomic mass is 10.2. The van der Waals surface area contributed by atoms with E-state index < -0.39 is 6.03 Å². The fraction of sp³-hybridized carbons (Fsp3) is 0.636. The Morgan fingerprint density at radius 1 is 1.43 bits per heavy atom. The molecule has 0 bridgehead atoms. The van der Waals surface area contributed by atoms with Crippen LogP contribution in [0.2, 0.25) is 0 Å². The molecule has 2 aliphatic rings. The molecule has 4 amide bonds. The van der Waals surface area contributed by atoms with E-state index in [1.54, 1.807) is 4.90 Å². The third-order valence-electron chi connectivity index (χ3n) is 3.82. The van der Waals surface area contributed by atoms with E-state index in [0.717, 1.165) is 17.7 Å². The molecule has 0 spiro atoms. The predicted molar refractivity (Wildman–Crippen MR) is 67.6 cm³/mol. The number of hydrogen-bond donors (Lipinski definition) is 1. The molecule has 2 aliphatic heterocycles. The number of nitrogens with zero attached hydrogens (tertiary/aromatic N) is 6. The van der Waals surface area contributed by atoms with Crippen molar-refractivity contribution < 1.29 is 14.4 Å². The van der Waals surface area contributed by atoms with E-state index >= 15 is 0 Å². The number of hydrogen-bond acceptors (Lipinski definition) is 6. The van der Waals surface area contributed by atoms with Gasteiger partial charge in [0.2, 0.25) is 11.8 Å². The normalized spacial score (nSPS) is 22.5. The van der Waals surface area contributed by atoms with Gasteiger partial charge in [-0.3, -0.25) is 14.5 Å². The molecule has 10 heteroatoms. The van der Waals surface area contributed by atoms with Crippen LogP contribution in [-0.2, 0) is 9.59 Å². The first-order valence-corrected chi connectivity index (χ1v) is 6.66. The Balaban J connectivity index is 1.68. The Bertz CT molecular complexity index is 572. The van der Waals surface area contributed by atoms with Gasteiger partial charge in [-0.2, -0.15) is 5.21 Å². The number of rotatable bonds is 3. The molecule has 0 saturated carbocycles. The molecule has 3 heterocycles. The Hall–Kier alpha value is -2.52. The third kappa shape index (κ3) is 2.32. The van der Waals surface area contributed by atoms with Crippen molar-refractivity contribution in [3.63, 3.8) is 0 Å². The molecule has 1 unspecified atom stereocenters. The number of tetrazole rings is 1. The lowest BCUT2D eigenvalue weighted by molar-refractivity contribution is -0.132. The summed E-state index contributed by atoms with van der Waals surface area (Å²) < 4.78 is 0. The molecule has 3 rings (SSSR count). The molecular weight excluding hydrogens is 278 g/mol. The SMILES string of the molecule is CN1C(=O)CN(CC(=O)N2CCCC2c2nn[nH]n2)C1=O. The van der Waals surface area contributed by atoms with Crippen LogP contribution < -0.4 is 0 Å². The molecule has 21 heavy (non-hydrogen) atoms. The lowest BCUT2D eigenvalue weighted by Crippen LogP contribution is -2.41. The van der Waals surface area contributed by atoms with Crippen molar-refractivity contribution in [2.24, 2.45) is 0 Å². The van der Waals surface area contributed by atoms with Crippen molar-refractivity contribution in [3.8, 4) is 0 Å². The summed E-state index contributed by atoms with van der Waals surface area (Å²) in [5, 5.41) is 13.7. The minimum absolute atomic E-state index is 0.0538. The molecule has 2 fully saturated rings. The van der Waals surface area contributed by atoms with E-state index in [1.807, 2.05) is 0 Å². The monoisotopic (exact) mass is 293 g/mol. The zero-order valence-electron chi connectivity index (χ0n) is 11.5. The first-order chi connectivity index (χ1) is 10.1. The Morgan fingerprint density at radius 2 is 2.24 bits per heavy atom. The van der Waals surface area contributed by atoms with Crippen molar-refractivity contribution in [3.05, 3.63) is 5.82 Å². The standard InChI is InChI=1S/C11H15N7O3/c1-16-8(19)5-17(11(16)21)6-9(20)18-4-2-3-7(18)10-12-14-15-13-10/h7H,2-6H2,1H3,(H,12,13,14,15). The summed E-state index contributed by atoms with van der Waals surface area (Å²) in [7, 11) is 1.41. The fourth-order valence-corrected chi connectivity index (χ4v) is 2.68. The molecule has 1 atom stereocenters. The van der Waals surface area contributed by atoms with Crippen LogP contribution in [0.3, 0.4) is 0 Å². The summed E-state index contributed by atoms with van der Waals surface area (Å²) in [6.45, 7) is 0.426. The molecule has 1 aromatic heterocycles. The minimum Gasteiger partial charge on any atom is -0.331 e. The van der Waals surface area contributed by atoms with Crippen molar-refractivity contribution in [1.29, 1.82) is 0 Å². The minimum atomic E-state index is -0.441. The van der Waals surface area contributed by atoms with Gasteiger partial charge in [-0.1, -0.05) is 5.21 Å². The number of aromatic amines is 1. The number of H-pyrrole nitrogens is 1. The zero-order valence-corrected chi connectivity index (χ0v) is 11.5. The predicted octanol–water partition coefficient (Wildman–Crippen LogP) is -1.24. The summed E-state index contributed by atoms with van der Waals surface area (Å²) in [4.78, 5) is 39.5. The largest absolute Gasteiger partial charge is 0.331 e. The summed E-state index contributed by atoms with van der Waals surface area (Å²) >= 11 is 0. The summed E-state index contributed by atoms with van der Waals surface area (Å²) in [5.41, 5.74) is 0.